The number of hydrogen-bond donors (Lipinski definition) is 2. The highest BCUT2D eigenvalue weighted by molar-refractivity contribution is 7.93. The van der Waals surface area contributed by atoms with E-state index in [1.807, 2.05) is 6.92 Å². The second-order valence-corrected chi connectivity index (χ2v) is 8.70. The molecule has 0 saturated heterocycles. The molecule has 17 heavy (non-hydrogen) atoms. The lowest BCUT2D eigenvalue weighted by Gasteiger charge is -2.22. The van der Waals surface area contributed by atoms with E-state index < -0.39 is 37.0 Å². The Morgan fingerprint density at radius 1 is 1.18 bits per heavy atom. The monoisotopic (exact) mass is 287 g/mol. The fourth-order valence-corrected chi connectivity index (χ4v) is 3.99. The second kappa shape index (κ2) is 6.12. The summed E-state index contributed by atoms with van der Waals surface area (Å²) < 4.78 is 46.8. The summed E-state index contributed by atoms with van der Waals surface area (Å²) in [6, 6.07) is 0. The SMILES string of the molecule is CCCC(C)(O)CNS(=O)(=O)CCS(C)(=O)=O. The Labute approximate surface area is 103 Å². The van der Waals surface area contributed by atoms with Gasteiger partial charge in [0.1, 0.15) is 9.84 Å². The summed E-state index contributed by atoms with van der Waals surface area (Å²) in [6.45, 7) is 3.31. The molecule has 0 aliphatic heterocycles. The third kappa shape index (κ3) is 9.51. The Kier molecular flexibility index (Phi) is 6.06. The Morgan fingerprint density at radius 2 is 1.71 bits per heavy atom. The van der Waals surface area contributed by atoms with Gasteiger partial charge in [-0.2, -0.15) is 0 Å². The predicted molar refractivity (Wildman–Crippen MR) is 67.0 cm³/mol. The third-order valence-electron chi connectivity index (χ3n) is 2.18. The van der Waals surface area contributed by atoms with Crippen LogP contribution in [0.1, 0.15) is 26.7 Å². The molecule has 0 aromatic heterocycles. The van der Waals surface area contributed by atoms with Gasteiger partial charge in [0.2, 0.25) is 10.0 Å². The minimum atomic E-state index is -3.66. The minimum absolute atomic E-state index is 0.104. The van der Waals surface area contributed by atoms with Crippen molar-refractivity contribution in [3.05, 3.63) is 0 Å². The summed E-state index contributed by atoms with van der Waals surface area (Å²) in [5.74, 6) is -0.897. The van der Waals surface area contributed by atoms with Crippen LogP contribution >= 0.6 is 0 Å². The van der Waals surface area contributed by atoms with Crippen molar-refractivity contribution in [1.82, 2.24) is 4.72 Å². The van der Waals surface area contributed by atoms with Crippen molar-refractivity contribution in [3.63, 3.8) is 0 Å². The molecule has 8 heteroatoms. The van der Waals surface area contributed by atoms with Gasteiger partial charge in [0, 0.05) is 12.8 Å². The van der Waals surface area contributed by atoms with Crippen LogP contribution in [0.4, 0.5) is 0 Å². The van der Waals surface area contributed by atoms with E-state index in [1.165, 1.54) is 6.92 Å². The highest BCUT2D eigenvalue weighted by Gasteiger charge is 2.22. The Bertz CT molecular complexity index is 424. The summed E-state index contributed by atoms with van der Waals surface area (Å²) in [6.07, 6.45) is 2.19. The molecule has 0 radical (unpaired) electrons. The lowest BCUT2D eigenvalue weighted by atomic mass is 10.0. The molecule has 0 bridgehead atoms. The Morgan fingerprint density at radius 3 is 2.12 bits per heavy atom. The summed E-state index contributed by atoms with van der Waals surface area (Å²) in [5.41, 5.74) is -1.10. The van der Waals surface area contributed by atoms with Gasteiger partial charge < -0.3 is 5.11 Å². The Balaban J connectivity index is 4.29. The maximum Gasteiger partial charge on any atom is 0.212 e. The summed E-state index contributed by atoms with van der Waals surface area (Å²) in [4.78, 5) is 0. The topological polar surface area (TPSA) is 101 Å². The lowest BCUT2D eigenvalue weighted by molar-refractivity contribution is 0.0554. The van der Waals surface area contributed by atoms with Gasteiger partial charge in [0.25, 0.3) is 0 Å². The van der Waals surface area contributed by atoms with E-state index in [0.717, 1.165) is 12.7 Å². The largest absolute Gasteiger partial charge is 0.389 e. The van der Waals surface area contributed by atoms with Gasteiger partial charge in [-0.15, -0.1) is 0 Å². The van der Waals surface area contributed by atoms with Gasteiger partial charge >= 0.3 is 0 Å². The van der Waals surface area contributed by atoms with Crippen LogP contribution in [0.3, 0.4) is 0 Å². The third-order valence-corrected chi connectivity index (χ3v) is 4.71. The first-order chi connectivity index (χ1) is 7.47. The predicted octanol–water partition coefficient (Wildman–Crippen LogP) is -0.498. The fourth-order valence-electron chi connectivity index (χ4n) is 1.23. The zero-order valence-electron chi connectivity index (χ0n) is 10.4. The van der Waals surface area contributed by atoms with Crippen LogP contribution in [0, 0.1) is 0 Å². The molecule has 0 saturated carbocycles. The molecular weight excluding hydrogens is 266 g/mol. The lowest BCUT2D eigenvalue weighted by Crippen LogP contribution is -2.42. The van der Waals surface area contributed by atoms with Crippen molar-refractivity contribution in [1.29, 1.82) is 0 Å². The molecule has 0 aromatic rings. The maximum absolute atomic E-state index is 11.4. The molecule has 0 spiro atoms. The summed E-state index contributed by atoms with van der Waals surface area (Å²) >= 11 is 0. The standard InChI is InChI=1S/C9H21NO5S2/c1-4-5-9(2,11)8-10-17(14,15)7-6-16(3,12)13/h10-11H,4-8H2,1-3H3. The van der Waals surface area contributed by atoms with E-state index in [2.05, 4.69) is 4.72 Å². The number of sulfone groups is 1. The molecular formula is C9H21NO5S2. The van der Waals surface area contributed by atoms with Gasteiger partial charge in [0.15, 0.2) is 0 Å². The normalized spacial score (nSPS) is 16.7. The smallest absolute Gasteiger partial charge is 0.212 e. The number of nitrogens with one attached hydrogen (secondary N) is 1. The average molecular weight is 287 g/mol. The first-order valence-corrected chi connectivity index (χ1v) is 9.06. The molecule has 0 fully saturated rings. The quantitative estimate of drug-likeness (QED) is 0.627. The van der Waals surface area contributed by atoms with Crippen molar-refractivity contribution < 1.29 is 21.9 Å². The van der Waals surface area contributed by atoms with E-state index in [9.17, 15) is 21.9 Å². The number of aliphatic hydroxyl groups is 1. The molecule has 104 valence electrons. The van der Waals surface area contributed by atoms with Crippen LogP contribution in [-0.2, 0) is 19.9 Å². The first kappa shape index (κ1) is 16.8. The number of hydrogen-bond acceptors (Lipinski definition) is 5. The van der Waals surface area contributed by atoms with Gasteiger partial charge in [0.05, 0.1) is 17.1 Å². The van der Waals surface area contributed by atoms with Crippen LogP contribution < -0.4 is 4.72 Å². The van der Waals surface area contributed by atoms with Crippen molar-refractivity contribution in [2.45, 2.75) is 32.3 Å². The molecule has 0 aliphatic rings. The molecule has 2 N–H and O–H groups in total. The molecule has 0 aliphatic carbocycles. The van der Waals surface area contributed by atoms with Crippen molar-refractivity contribution in [2.75, 3.05) is 24.3 Å². The van der Waals surface area contributed by atoms with Crippen molar-refractivity contribution in [3.8, 4) is 0 Å². The van der Waals surface area contributed by atoms with E-state index in [-0.39, 0.29) is 6.54 Å². The molecule has 0 rings (SSSR count). The van der Waals surface area contributed by atoms with E-state index in [4.69, 9.17) is 0 Å². The number of rotatable bonds is 8. The zero-order valence-corrected chi connectivity index (χ0v) is 12.1. The fraction of sp³-hybridized carbons (Fsp3) is 1.00. The molecule has 0 aromatic carbocycles. The van der Waals surface area contributed by atoms with E-state index >= 15 is 0 Å². The van der Waals surface area contributed by atoms with Crippen LogP contribution in [0.5, 0.6) is 0 Å². The molecule has 6 nitrogen and oxygen atoms in total. The van der Waals surface area contributed by atoms with Crippen molar-refractivity contribution in [2.24, 2.45) is 0 Å². The van der Waals surface area contributed by atoms with Gasteiger partial charge in [-0.3, -0.25) is 0 Å². The average Bonchev–Trinajstić information content (AvgIpc) is 2.12. The second-order valence-electron chi connectivity index (χ2n) is 4.52. The van der Waals surface area contributed by atoms with E-state index in [0.29, 0.717) is 6.42 Å². The number of sulfonamides is 1. The van der Waals surface area contributed by atoms with Crippen LogP contribution in [0.2, 0.25) is 0 Å². The van der Waals surface area contributed by atoms with Gasteiger partial charge in [-0.1, -0.05) is 13.3 Å². The van der Waals surface area contributed by atoms with Gasteiger partial charge in [-0.05, 0) is 13.3 Å². The minimum Gasteiger partial charge on any atom is -0.389 e. The highest BCUT2D eigenvalue weighted by atomic mass is 32.2. The zero-order chi connectivity index (χ0) is 13.7. The molecule has 0 heterocycles. The van der Waals surface area contributed by atoms with E-state index in [1.54, 1.807) is 0 Å². The molecule has 0 amide bonds. The Hall–Kier alpha value is -0.180. The first-order valence-electron chi connectivity index (χ1n) is 5.35. The molecule has 1 unspecified atom stereocenters. The highest BCUT2D eigenvalue weighted by Crippen LogP contribution is 2.10. The van der Waals surface area contributed by atoms with Crippen LogP contribution in [0.15, 0.2) is 0 Å². The van der Waals surface area contributed by atoms with Crippen molar-refractivity contribution >= 4 is 19.9 Å². The molecule has 1 atom stereocenters. The van der Waals surface area contributed by atoms with Crippen LogP contribution in [-0.4, -0.2) is 51.8 Å². The van der Waals surface area contributed by atoms with Gasteiger partial charge in [-0.25, -0.2) is 21.6 Å². The van der Waals surface area contributed by atoms with Crippen LogP contribution in [0.25, 0.3) is 0 Å². The summed E-state index contributed by atoms with van der Waals surface area (Å²) in [7, 11) is -6.96. The maximum atomic E-state index is 11.4. The summed E-state index contributed by atoms with van der Waals surface area (Å²) in [5, 5.41) is 9.76.